The van der Waals surface area contributed by atoms with Gasteiger partial charge in [-0.15, -0.1) is 0 Å². The molecule has 0 spiro atoms. The highest BCUT2D eigenvalue weighted by atomic mass is 32.1. The molecule has 1 amide bonds. The van der Waals surface area contributed by atoms with Crippen LogP contribution in [0.5, 0.6) is 0 Å². The predicted molar refractivity (Wildman–Crippen MR) is 67.3 cm³/mol. The van der Waals surface area contributed by atoms with Crippen molar-refractivity contribution >= 4 is 18.7 Å². The molecule has 1 unspecified atom stereocenters. The van der Waals surface area contributed by atoms with Gasteiger partial charge in [-0.3, -0.25) is 9.10 Å². The van der Waals surface area contributed by atoms with Crippen LogP contribution in [0.25, 0.3) is 0 Å². The highest BCUT2D eigenvalue weighted by Crippen LogP contribution is 2.14. The summed E-state index contributed by atoms with van der Waals surface area (Å²) in [6.45, 7) is 3.84. The average molecular weight is 243 g/mol. The Labute approximate surface area is 103 Å². The van der Waals surface area contributed by atoms with Gasteiger partial charge in [-0.05, 0) is 32.2 Å². The van der Waals surface area contributed by atoms with E-state index >= 15 is 0 Å². The van der Waals surface area contributed by atoms with E-state index in [9.17, 15) is 4.79 Å². The molecule has 2 aliphatic rings. The van der Waals surface area contributed by atoms with E-state index in [4.69, 9.17) is 0 Å². The van der Waals surface area contributed by atoms with Crippen LogP contribution in [-0.2, 0) is 4.79 Å². The van der Waals surface area contributed by atoms with Crippen molar-refractivity contribution in [2.24, 2.45) is 5.92 Å². The van der Waals surface area contributed by atoms with E-state index in [0.29, 0.717) is 6.04 Å². The first-order valence-corrected chi connectivity index (χ1v) is 6.60. The molecule has 2 heterocycles. The maximum absolute atomic E-state index is 12.0. The third-order valence-corrected chi connectivity index (χ3v) is 3.89. The monoisotopic (exact) mass is 243 g/mol. The number of piperidine rings is 2. The molecule has 0 bridgehead atoms. The molecular formula is C11H21N3OS. The second-order valence-electron chi connectivity index (χ2n) is 4.78. The molecule has 2 N–H and O–H groups in total. The molecule has 5 heteroatoms. The summed E-state index contributed by atoms with van der Waals surface area (Å²) >= 11 is 4.30. The van der Waals surface area contributed by atoms with Gasteiger partial charge in [-0.25, -0.2) is 0 Å². The topological polar surface area (TPSA) is 44.4 Å². The maximum Gasteiger partial charge on any atom is 0.224 e. The molecule has 0 saturated carbocycles. The van der Waals surface area contributed by atoms with Gasteiger partial charge in [0.1, 0.15) is 0 Å². The zero-order chi connectivity index (χ0) is 11.4. The summed E-state index contributed by atoms with van der Waals surface area (Å²) in [5, 5.41) is 6.45. The summed E-state index contributed by atoms with van der Waals surface area (Å²) in [5.74, 6) is 0.424. The fraction of sp³-hybridized carbons (Fsp3) is 0.909. The van der Waals surface area contributed by atoms with Crippen molar-refractivity contribution in [2.45, 2.75) is 31.7 Å². The van der Waals surface area contributed by atoms with Gasteiger partial charge in [-0.1, -0.05) is 12.8 Å². The molecule has 0 aromatic heterocycles. The minimum Gasteiger partial charge on any atom is -0.353 e. The third-order valence-electron chi connectivity index (χ3n) is 3.49. The van der Waals surface area contributed by atoms with E-state index in [-0.39, 0.29) is 11.8 Å². The number of nitrogens with one attached hydrogen (secondary N) is 2. The Morgan fingerprint density at radius 2 is 2.06 bits per heavy atom. The highest BCUT2D eigenvalue weighted by molar-refractivity contribution is 7.77. The Bertz CT molecular complexity index is 235. The largest absolute Gasteiger partial charge is 0.353 e. The Hall–Kier alpha value is -0.260. The van der Waals surface area contributed by atoms with Gasteiger partial charge in [-0.2, -0.15) is 0 Å². The number of hydrogen-bond acceptors (Lipinski definition) is 4. The predicted octanol–water partition coefficient (Wildman–Crippen LogP) is 0.411. The molecule has 0 aliphatic carbocycles. The zero-order valence-electron chi connectivity index (χ0n) is 9.61. The summed E-state index contributed by atoms with van der Waals surface area (Å²) in [7, 11) is 0. The summed E-state index contributed by atoms with van der Waals surface area (Å²) in [4.78, 5) is 12.0. The standard InChI is InChI=1S/C11H21N3OS/c15-11(9-2-1-5-12-8-9)13-10-3-6-14(16)7-4-10/h9-10,12,16H,1-8H2,(H,13,15). The van der Waals surface area contributed by atoms with E-state index in [0.717, 1.165) is 51.9 Å². The van der Waals surface area contributed by atoms with Crippen molar-refractivity contribution in [1.82, 2.24) is 14.9 Å². The number of rotatable bonds is 2. The maximum atomic E-state index is 12.0. The minimum absolute atomic E-state index is 0.183. The normalized spacial score (nSPS) is 28.9. The first-order chi connectivity index (χ1) is 7.75. The number of thiol groups is 1. The van der Waals surface area contributed by atoms with Crippen molar-refractivity contribution in [3.05, 3.63) is 0 Å². The van der Waals surface area contributed by atoms with Gasteiger partial charge in [0.25, 0.3) is 0 Å². The lowest BCUT2D eigenvalue weighted by atomic mass is 9.97. The van der Waals surface area contributed by atoms with Crippen molar-refractivity contribution < 1.29 is 4.79 Å². The van der Waals surface area contributed by atoms with Crippen LogP contribution in [0, 0.1) is 5.92 Å². The van der Waals surface area contributed by atoms with Crippen LogP contribution >= 0.6 is 12.8 Å². The van der Waals surface area contributed by atoms with E-state index in [1.54, 1.807) is 0 Å². The van der Waals surface area contributed by atoms with Crippen molar-refractivity contribution in [1.29, 1.82) is 0 Å². The van der Waals surface area contributed by atoms with Gasteiger partial charge in [0, 0.05) is 25.7 Å². The Morgan fingerprint density at radius 1 is 1.31 bits per heavy atom. The van der Waals surface area contributed by atoms with Crippen molar-refractivity contribution in [3.63, 3.8) is 0 Å². The lowest BCUT2D eigenvalue weighted by Crippen LogP contribution is -2.47. The second kappa shape index (κ2) is 5.89. The fourth-order valence-corrected chi connectivity index (χ4v) is 2.64. The molecule has 16 heavy (non-hydrogen) atoms. The smallest absolute Gasteiger partial charge is 0.224 e. The third kappa shape index (κ3) is 3.37. The first kappa shape index (κ1) is 12.2. The van der Waals surface area contributed by atoms with Crippen LogP contribution in [0.2, 0.25) is 0 Å². The molecule has 4 nitrogen and oxygen atoms in total. The van der Waals surface area contributed by atoms with Gasteiger partial charge in [0.05, 0.1) is 5.92 Å². The molecule has 2 rings (SSSR count). The Balaban J connectivity index is 1.73. The number of hydrogen-bond donors (Lipinski definition) is 3. The van der Waals surface area contributed by atoms with Crippen LogP contribution < -0.4 is 10.6 Å². The molecule has 2 saturated heterocycles. The molecule has 2 fully saturated rings. The number of nitrogens with zero attached hydrogens (tertiary/aromatic N) is 1. The molecule has 1 atom stereocenters. The molecule has 2 aliphatic heterocycles. The van der Waals surface area contributed by atoms with Crippen LogP contribution in [0.4, 0.5) is 0 Å². The first-order valence-electron chi connectivity index (χ1n) is 6.20. The van der Waals surface area contributed by atoms with E-state index in [1.807, 2.05) is 4.31 Å². The summed E-state index contributed by atoms with van der Waals surface area (Å²) < 4.78 is 2.02. The van der Waals surface area contributed by atoms with E-state index in [2.05, 4.69) is 23.4 Å². The summed E-state index contributed by atoms with van der Waals surface area (Å²) in [5.41, 5.74) is 0. The van der Waals surface area contributed by atoms with Crippen molar-refractivity contribution in [2.75, 3.05) is 26.2 Å². The molecular weight excluding hydrogens is 222 g/mol. The SMILES string of the molecule is O=C(NC1CCN(S)CC1)C1CCCNC1. The number of carbonyl (C=O) groups excluding carboxylic acids is 1. The number of amides is 1. The van der Waals surface area contributed by atoms with Crippen molar-refractivity contribution in [3.8, 4) is 0 Å². The van der Waals surface area contributed by atoms with Gasteiger partial charge >= 0.3 is 0 Å². The molecule has 0 radical (unpaired) electrons. The summed E-state index contributed by atoms with van der Waals surface area (Å²) in [6.07, 6.45) is 4.20. The fourth-order valence-electron chi connectivity index (χ4n) is 2.40. The van der Waals surface area contributed by atoms with Crippen LogP contribution in [0.1, 0.15) is 25.7 Å². The molecule has 0 aromatic carbocycles. The van der Waals surface area contributed by atoms with Crippen LogP contribution in [0.3, 0.4) is 0 Å². The quantitative estimate of drug-likeness (QED) is 0.616. The van der Waals surface area contributed by atoms with E-state index in [1.165, 1.54) is 0 Å². The lowest BCUT2D eigenvalue weighted by molar-refractivity contribution is -0.126. The summed E-state index contributed by atoms with van der Waals surface area (Å²) in [6, 6.07) is 0.359. The lowest BCUT2D eigenvalue weighted by Gasteiger charge is -2.30. The van der Waals surface area contributed by atoms with E-state index < -0.39 is 0 Å². The van der Waals surface area contributed by atoms with Crippen LogP contribution in [0.15, 0.2) is 0 Å². The molecule has 0 aromatic rings. The van der Waals surface area contributed by atoms with Crippen LogP contribution in [-0.4, -0.2) is 42.4 Å². The van der Waals surface area contributed by atoms with Gasteiger partial charge in [0.15, 0.2) is 0 Å². The zero-order valence-corrected chi connectivity index (χ0v) is 10.5. The van der Waals surface area contributed by atoms with Gasteiger partial charge in [0.2, 0.25) is 5.91 Å². The Morgan fingerprint density at radius 3 is 2.69 bits per heavy atom. The average Bonchev–Trinajstić information content (AvgIpc) is 2.33. The Kier molecular flexibility index (Phi) is 4.49. The molecule has 92 valence electrons. The minimum atomic E-state index is 0.183. The number of carbonyl (C=O) groups is 1. The highest BCUT2D eigenvalue weighted by Gasteiger charge is 2.24. The van der Waals surface area contributed by atoms with Gasteiger partial charge < -0.3 is 10.6 Å². The second-order valence-corrected chi connectivity index (χ2v) is 5.35.